The Morgan fingerprint density at radius 1 is 1.11 bits per heavy atom. The highest BCUT2D eigenvalue weighted by Gasteiger charge is 2.06. The first-order valence-corrected chi connectivity index (χ1v) is 7.46. The number of aromatic nitrogens is 1. The zero-order valence-electron chi connectivity index (χ0n) is 11.2. The maximum Gasteiger partial charge on any atom is 0.120 e. The number of benzene rings is 1. The minimum Gasteiger partial charge on any atom is -0.494 e. The number of nitrogens with one attached hydrogen (secondary N) is 1. The molecule has 0 saturated carbocycles. The van der Waals surface area contributed by atoms with Crippen molar-refractivity contribution in [1.29, 1.82) is 0 Å². The van der Waals surface area contributed by atoms with Crippen molar-refractivity contribution in [3.8, 4) is 16.3 Å². The first-order valence-electron chi connectivity index (χ1n) is 6.64. The Balaban J connectivity index is 2.00. The Morgan fingerprint density at radius 2 is 2.00 bits per heavy atom. The van der Waals surface area contributed by atoms with Gasteiger partial charge in [0, 0.05) is 15.8 Å². The van der Waals surface area contributed by atoms with Gasteiger partial charge in [0.2, 0.25) is 0 Å². The summed E-state index contributed by atoms with van der Waals surface area (Å²) in [6.45, 7) is 4.90. The van der Waals surface area contributed by atoms with E-state index >= 15 is 0 Å². The second kappa shape index (κ2) is 5.10. The highest BCUT2D eigenvalue weighted by molar-refractivity contribution is 7.15. The fourth-order valence-electron chi connectivity index (χ4n) is 2.21. The summed E-state index contributed by atoms with van der Waals surface area (Å²) in [5.41, 5.74) is 2.35. The van der Waals surface area contributed by atoms with Crippen molar-refractivity contribution >= 4 is 22.2 Å². The number of fused-ring (bicyclic) bond motifs is 1. The van der Waals surface area contributed by atoms with Crippen molar-refractivity contribution in [3.63, 3.8) is 0 Å². The van der Waals surface area contributed by atoms with E-state index in [0.29, 0.717) is 6.61 Å². The molecule has 2 aromatic heterocycles. The lowest BCUT2D eigenvalue weighted by atomic mass is 10.2. The third-order valence-corrected chi connectivity index (χ3v) is 4.44. The molecule has 3 rings (SSSR count). The molecule has 0 amide bonds. The van der Waals surface area contributed by atoms with Crippen molar-refractivity contribution < 1.29 is 4.74 Å². The minimum atomic E-state index is 0.702. The first kappa shape index (κ1) is 12.3. The van der Waals surface area contributed by atoms with Gasteiger partial charge in [-0.1, -0.05) is 6.92 Å². The maximum absolute atomic E-state index is 5.54. The molecule has 0 saturated heterocycles. The molecule has 3 heteroatoms. The van der Waals surface area contributed by atoms with Crippen LogP contribution in [0.25, 0.3) is 21.5 Å². The summed E-state index contributed by atoms with van der Waals surface area (Å²) in [6.07, 6.45) is 1.10. The number of aryl methyl sites for hydroxylation is 1. The number of hydrogen-bond donors (Lipinski definition) is 1. The monoisotopic (exact) mass is 271 g/mol. The van der Waals surface area contributed by atoms with Gasteiger partial charge in [0.25, 0.3) is 0 Å². The highest BCUT2D eigenvalue weighted by Crippen LogP contribution is 2.31. The van der Waals surface area contributed by atoms with E-state index in [1.807, 2.05) is 24.3 Å². The van der Waals surface area contributed by atoms with E-state index in [9.17, 15) is 0 Å². The van der Waals surface area contributed by atoms with Crippen molar-refractivity contribution in [2.45, 2.75) is 20.3 Å². The van der Waals surface area contributed by atoms with Gasteiger partial charge < -0.3 is 9.72 Å². The average molecular weight is 271 g/mol. The number of hydrogen-bond acceptors (Lipinski definition) is 2. The molecule has 2 heterocycles. The van der Waals surface area contributed by atoms with Gasteiger partial charge in [0.05, 0.1) is 17.2 Å². The number of aromatic amines is 1. The first-order chi connectivity index (χ1) is 9.30. The van der Waals surface area contributed by atoms with Crippen LogP contribution in [0.1, 0.15) is 18.7 Å². The molecule has 98 valence electrons. The summed E-state index contributed by atoms with van der Waals surface area (Å²) in [4.78, 5) is 6.19. The zero-order valence-corrected chi connectivity index (χ0v) is 12.0. The molecule has 0 atom stereocenters. The second-order valence-corrected chi connectivity index (χ2v) is 5.65. The third kappa shape index (κ3) is 2.38. The molecular formula is C16H17NOS. The fraction of sp³-hybridized carbons (Fsp3) is 0.250. The van der Waals surface area contributed by atoms with E-state index in [0.717, 1.165) is 17.7 Å². The summed E-state index contributed by atoms with van der Waals surface area (Å²) in [7, 11) is 0. The average Bonchev–Trinajstić information content (AvgIpc) is 3.04. The SMILES string of the molecule is CCOc1ccc2[nH]c(-c3ccc(CC)s3)cc2c1. The summed E-state index contributed by atoms with van der Waals surface area (Å²) in [6, 6.07) is 12.8. The van der Waals surface area contributed by atoms with Gasteiger partial charge in [0.15, 0.2) is 0 Å². The zero-order chi connectivity index (χ0) is 13.2. The molecule has 0 unspecified atom stereocenters. The van der Waals surface area contributed by atoms with E-state index in [-0.39, 0.29) is 0 Å². The molecule has 0 bridgehead atoms. The molecule has 0 fully saturated rings. The van der Waals surface area contributed by atoms with Crippen molar-refractivity contribution in [1.82, 2.24) is 4.98 Å². The lowest BCUT2D eigenvalue weighted by molar-refractivity contribution is 0.341. The topological polar surface area (TPSA) is 25.0 Å². The number of rotatable bonds is 4. The van der Waals surface area contributed by atoms with E-state index in [4.69, 9.17) is 4.74 Å². The molecule has 0 spiro atoms. The van der Waals surface area contributed by atoms with Crippen LogP contribution >= 0.6 is 11.3 Å². The predicted octanol–water partition coefficient (Wildman–Crippen LogP) is 4.86. The quantitative estimate of drug-likeness (QED) is 0.720. The van der Waals surface area contributed by atoms with Crippen LogP contribution < -0.4 is 4.74 Å². The molecule has 19 heavy (non-hydrogen) atoms. The van der Waals surface area contributed by atoms with Crippen LogP contribution in [-0.4, -0.2) is 11.6 Å². The van der Waals surface area contributed by atoms with Crippen molar-refractivity contribution in [3.05, 3.63) is 41.3 Å². The van der Waals surface area contributed by atoms with E-state index in [1.54, 1.807) is 0 Å². The Morgan fingerprint density at radius 3 is 2.74 bits per heavy atom. The Hall–Kier alpha value is -1.74. The van der Waals surface area contributed by atoms with Gasteiger partial charge in [-0.3, -0.25) is 0 Å². The van der Waals surface area contributed by atoms with Crippen LogP contribution in [0.2, 0.25) is 0 Å². The summed E-state index contributed by atoms with van der Waals surface area (Å²) >= 11 is 1.85. The largest absolute Gasteiger partial charge is 0.494 e. The predicted molar refractivity (Wildman–Crippen MR) is 82.2 cm³/mol. The van der Waals surface area contributed by atoms with Crippen LogP contribution in [0, 0.1) is 0 Å². The summed E-state index contributed by atoms with van der Waals surface area (Å²) in [5, 5.41) is 1.20. The van der Waals surface area contributed by atoms with Crippen LogP contribution in [0.5, 0.6) is 5.75 Å². The molecule has 3 aromatic rings. The van der Waals surface area contributed by atoms with E-state index in [1.165, 1.54) is 20.8 Å². The molecular weight excluding hydrogens is 254 g/mol. The molecule has 0 radical (unpaired) electrons. The minimum absolute atomic E-state index is 0.702. The Kier molecular flexibility index (Phi) is 3.30. The van der Waals surface area contributed by atoms with Crippen LogP contribution in [-0.2, 0) is 6.42 Å². The van der Waals surface area contributed by atoms with Crippen LogP contribution in [0.3, 0.4) is 0 Å². The Bertz CT molecular complexity index is 696. The van der Waals surface area contributed by atoms with Gasteiger partial charge in [-0.2, -0.15) is 0 Å². The number of ether oxygens (including phenoxy) is 1. The van der Waals surface area contributed by atoms with Gasteiger partial charge >= 0.3 is 0 Å². The number of H-pyrrole nitrogens is 1. The smallest absolute Gasteiger partial charge is 0.120 e. The van der Waals surface area contributed by atoms with Gasteiger partial charge in [0.1, 0.15) is 5.75 Å². The van der Waals surface area contributed by atoms with Crippen LogP contribution in [0.4, 0.5) is 0 Å². The van der Waals surface area contributed by atoms with Crippen molar-refractivity contribution in [2.75, 3.05) is 6.61 Å². The fourth-order valence-corrected chi connectivity index (χ4v) is 3.13. The normalized spacial score (nSPS) is 11.1. The molecule has 0 aliphatic heterocycles. The maximum atomic E-state index is 5.54. The number of thiophene rings is 1. The van der Waals surface area contributed by atoms with Gasteiger partial charge in [-0.15, -0.1) is 11.3 Å². The third-order valence-electron chi connectivity index (χ3n) is 3.18. The molecule has 2 nitrogen and oxygen atoms in total. The summed E-state index contributed by atoms with van der Waals surface area (Å²) in [5.74, 6) is 0.931. The lowest BCUT2D eigenvalue weighted by Gasteiger charge is -2.01. The lowest BCUT2D eigenvalue weighted by Crippen LogP contribution is -1.90. The van der Waals surface area contributed by atoms with Gasteiger partial charge in [-0.25, -0.2) is 0 Å². The molecule has 1 N–H and O–H groups in total. The molecule has 0 aliphatic carbocycles. The Labute approximate surface area is 117 Å². The van der Waals surface area contributed by atoms with Crippen LogP contribution in [0.15, 0.2) is 36.4 Å². The van der Waals surface area contributed by atoms with E-state index < -0.39 is 0 Å². The standard InChI is InChI=1S/C16H17NOS/c1-3-13-6-8-16(19-13)15-10-11-9-12(18-4-2)5-7-14(11)17-15/h5-10,17H,3-4H2,1-2H3. The second-order valence-electron chi connectivity index (χ2n) is 4.48. The van der Waals surface area contributed by atoms with Gasteiger partial charge in [-0.05, 0) is 49.7 Å². The summed E-state index contributed by atoms with van der Waals surface area (Å²) < 4.78 is 5.54. The molecule has 0 aliphatic rings. The van der Waals surface area contributed by atoms with Crippen molar-refractivity contribution in [2.24, 2.45) is 0 Å². The van der Waals surface area contributed by atoms with E-state index in [2.05, 4.69) is 42.2 Å². The highest BCUT2D eigenvalue weighted by atomic mass is 32.1. The molecule has 1 aromatic carbocycles.